The van der Waals surface area contributed by atoms with E-state index < -0.39 is 5.97 Å². The van der Waals surface area contributed by atoms with Crippen molar-refractivity contribution >= 4 is 11.8 Å². The molecule has 0 amide bonds. The third kappa shape index (κ3) is 3.47. The van der Waals surface area contributed by atoms with Crippen molar-refractivity contribution in [3.05, 3.63) is 53.2 Å². The number of aryl methyl sites for hydroxylation is 1. The summed E-state index contributed by atoms with van der Waals surface area (Å²) in [4.78, 5) is 14.9. The van der Waals surface area contributed by atoms with E-state index in [1.54, 1.807) is 12.1 Å². The number of hydrogen-bond acceptors (Lipinski definition) is 4. The molecule has 2 aromatic rings. The molecule has 0 bridgehead atoms. The number of carboxylic acids is 1. The maximum Gasteiger partial charge on any atom is 0.307 e. The van der Waals surface area contributed by atoms with Gasteiger partial charge in [-0.2, -0.15) is 0 Å². The molecule has 0 fully saturated rings. The molecule has 2 rings (SSSR count). The maximum atomic E-state index is 10.8. The molecular formula is C15H16N2O3. The van der Waals surface area contributed by atoms with Gasteiger partial charge in [0.2, 0.25) is 0 Å². The van der Waals surface area contributed by atoms with Crippen LogP contribution in [0.1, 0.15) is 16.8 Å². The number of aromatic nitrogens is 1. The number of nitrogens with two attached hydrogens (primary N) is 1. The zero-order chi connectivity index (χ0) is 14.5. The summed E-state index contributed by atoms with van der Waals surface area (Å²) < 4.78 is 5.62. The van der Waals surface area contributed by atoms with Crippen molar-refractivity contribution in [3.63, 3.8) is 0 Å². The molecule has 0 saturated carbocycles. The van der Waals surface area contributed by atoms with Crippen LogP contribution in [0.25, 0.3) is 0 Å². The minimum Gasteiger partial charge on any atom is -0.485 e. The molecule has 0 spiro atoms. The van der Waals surface area contributed by atoms with Gasteiger partial charge in [0.25, 0.3) is 0 Å². The van der Waals surface area contributed by atoms with Gasteiger partial charge in [0, 0.05) is 5.69 Å². The Hall–Kier alpha value is -2.56. The number of carbonyl (C=O) groups is 1. The molecular weight excluding hydrogens is 256 g/mol. The molecule has 1 heterocycles. The second-order valence-corrected chi connectivity index (χ2v) is 4.46. The molecule has 1 aromatic carbocycles. The zero-order valence-corrected chi connectivity index (χ0v) is 11.2. The van der Waals surface area contributed by atoms with Crippen LogP contribution >= 0.6 is 0 Å². The average molecular weight is 272 g/mol. The van der Waals surface area contributed by atoms with Gasteiger partial charge in [0.1, 0.15) is 6.61 Å². The molecule has 0 aliphatic carbocycles. The van der Waals surface area contributed by atoms with Crippen LogP contribution in [0.15, 0.2) is 36.4 Å². The monoisotopic (exact) mass is 272 g/mol. The third-order valence-corrected chi connectivity index (χ3v) is 2.87. The first-order valence-electron chi connectivity index (χ1n) is 6.21. The molecule has 0 unspecified atom stereocenters. The number of benzene rings is 1. The van der Waals surface area contributed by atoms with Gasteiger partial charge >= 0.3 is 5.97 Å². The number of nitrogen functional groups attached to an aromatic ring is 1. The molecule has 20 heavy (non-hydrogen) atoms. The van der Waals surface area contributed by atoms with E-state index in [1.165, 1.54) is 0 Å². The summed E-state index contributed by atoms with van der Waals surface area (Å²) in [5.74, 6) is -0.0320. The van der Waals surface area contributed by atoms with Gasteiger partial charge in [-0.1, -0.05) is 24.3 Å². The minimum absolute atomic E-state index is 0.0266. The predicted octanol–water partition coefficient (Wildman–Crippen LogP) is 2.18. The smallest absolute Gasteiger partial charge is 0.307 e. The summed E-state index contributed by atoms with van der Waals surface area (Å²) in [6.45, 7) is 2.11. The number of aliphatic carboxylic acids is 1. The zero-order valence-electron chi connectivity index (χ0n) is 11.2. The lowest BCUT2D eigenvalue weighted by Gasteiger charge is -2.11. The molecule has 0 aliphatic rings. The van der Waals surface area contributed by atoms with E-state index in [2.05, 4.69) is 4.98 Å². The van der Waals surface area contributed by atoms with Gasteiger partial charge in [-0.3, -0.25) is 4.79 Å². The SMILES string of the molecule is Cc1ccc(OCc2ccccc2CC(=O)O)c(N)n1. The van der Waals surface area contributed by atoms with Gasteiger partial charge in [0.15, 0.2) is 11.6 Å². The number of pyridine rings is 1. The van der Waals surface area contributed by atoms with Crippen LogP contribution in [-0.4, -0.2) is 16.1 Å². The first-order valence-corrected chi connectivity index (χ1v) is 6.21. The highest BCUT2D eigenvalue weighted by Crippen LogP contribution is 2.21. The molecule has 3 N–H and O–H groups in total. The minimum atomic E-state index is -0.867. The maximum absolute atomic E-state index is 10.8. The van der Waals surface area contributed by atoms with Crippen LogP contribution in [0.2, 0.25) is 0 Å². The van der Waals surface area contributed by atoms with Gasteiger partial charge in [-0.15, -0.1) is 0 Å². The van der Waals surface area contributed by atoms with E-state index in [9.17, 15) is 4.79 Å². The van der Waals surface area contributed by atoms with Crippen molar-refractivity contribution < 1.29 is 14.6 Å². The molecule has 0 radical (unpaired) electrons. The summed E-state index contributed by atoms with van der Waals surface area (Å²) in [5.41, 5.74) is 8.16. The van der Waals surface area contributed by atoms with Crippen LogP contribution in [0.3, 0.4) is 0 Å². The number of nitrogens with zero attached hydrogens (tertiary/aromatic N) is 1. The quantitative estimate of drug-likeness (QED) is 0.871. The Balaban J connectivity index is 2.12. The largest absolute Gasteiger partial charge is 0.485 e. The predicted molar refractivity (Wildman–Crippen MR) is 75.5 cm³/mol. The Kier molecular flexibility index (Phi) is 4.20. The first kappa shape index (κ1) is 13.9. The number of rotatable bonds is 5. The standard InChI is InChI=1S/C15H16N2O3/c1-10-6-7-13(15(16)17-10)20-9-12-5-3-2-4-11(12)8-14(18)19/h2-7H,8-9H2,1H3,(H2,16,17)(H,18,19). The second kappa shape index (κ2) is 6.06. The highest BCUT2D eigenvalue weighted by molar-refractivity contribution is 5.70. The van der Waals surface area contributed by atoms with Crippen LogP contribution in [-0.2, 0) is 17.8 Å². The van der Waals surface area contributed by atoms with Crippen LogP contribution in [0, 0.1) is 6.92 Å². The fourth-order valence-electron chi connectivity index (χ4n) is 1.88. The Bertz CT molecular complexity index is 626. The number of ether oxygens (including phenoxy) is 1. The topological polar surface area (TPSA) is 85.4 Å². The Morgan fingerprint density at radius 2 is 1.95 bits per heavy atom. The Morgan fingerprint density at radius 3 is 2.60 bits per heavy atom. The van der Waals surface area contributed by atoms with E-state index in [1.807, 2.05) is 31.2 Å². The number of hydrogen-bond donors (Lipinski definition) is 2. The van der Waals surface area contributed by atoms with Crippen molar-refractivity contribution in [2.75, 3.05) is 5.73 Å². The van der Waals surface area contributed by atoms with Gasteiger partial charge in [-0.05, 0) is 30.2 Å². The van der Waals surface area contributed by atoms with Gasteiger partial charge in [0.05, 0.1) is 6.42 Å². The van der Waals surface area contributed by atoms with E-state index in [4.69, 9.17) is 15.6 Å². The lowest BCUT2D eigenvalue weighted by Crippen LogP contribution is -2.07. The summed E-state index contributed by atoms with van der Waals surface area (Å²) in [6.07, 6.45) is -0.0266. The molecule has 0 aliphatic heterocycles. The molecule has 5 nitrogen and oxygen atoms in total. The van der Waals surface area contributed by atoms with Crippen molar-refractivity contribution in [1.29, 1.82) is 0 Å². The van der Waals surface area contributed by atoms with Crippen molar-refractivity contribution in [3.8, 4) is 5.75 Å². The Labute approximate surface area is 117 Å². The first-order chi connectivity index (χ1) is 9.56. The molecule has 0 atom stereocenters. The highest BCUT2D eigenvalue weighted by Gasteiger charge is 2.08. The molecule has 0 saturated heterocycles. The van der Waals surface area contributed by atoms with E-state index in [-0.39, 0.29) is 13.0 Å². The van der Waals surface area contributed by atoms with Crippen molar-refractivity contribution in [2.24, 2.45) is 0 Å². The normalized spacial score (nSPS) is 10.2. The average Bonchev–Trinajstić information content (AvgIpc) is 2.39. The molecule has 1 aromatic heterocycles. The van der Waals surface area contributed by atoms with Crippen molar-refractivity contribution in [2.45, 2.75) is 20.0 Å². The second-order valence-electron chi connectivity index (χ2n) is 4.46. The molecule has 104 valence electrons. The van der Waals surface area contributed by atoms with E-state index in [0.29, 0.717) is 11.6 Å². The van der Waals surface area contributed by atoms with E-state index >= 15 is 0 Å². The van der Waals surface area contributed by atoms with Crippen molar-refractivity contribution in [1.82, 2.24) is 4.98 Å². The summed E-state index contributed by atoms with van der Waals surface area (Å²) in [5, 5.41) is 8.88. The van der Waals surface area contributed by atoms with Crippen LogP contribution < -0.4 is 10.5 Å². The van der Waals surface area contributed by atoms with Crippen LogP contribution in [0.5, 0.6) is 5.75 Å². The summed E-state index contributed by atoms with van der Waals surface area (Å²) in [7, 11) is 0. The van der Waals surface area contributed by atoms with Gasteiger partial charge in [-0.25, -0.2) is 4.98 Å². The van der Waals surface area contributed by atoms with Crippen LogP contribution in [0.4, 0.5) is 5.82 Å². The lowest BCUT2D eigenvalue weighted by atomic mass is 10.1. The fourth-order valence-corrected chi connectivity index (χ4v) is 1.88. The third-order valence-electron chi connectivity index (χ3n) is 2.87. The lowest BCUT2D eigenvalue weighted by molar-refractivity contribution is -0.136. The number of carboxylic acid groups (broad SMARTS) is 1. The summed E-state index contributed by atoms with van der Waals surface area (Å²) in [6, 6.07) is 10.9. The fraction of sp³-hybridized carbons (Fsp3) is 0.200. The summed E-state index contributed by atoms with van der Waals surface area (Å²) >= 11 is 0. The van der Waals surface area contributed by atoms with Gasteiger partial charge < -0.3 is 15.6 Å². The highest BCUT2D eigenvalue weighted by atomic mass is 16.5. The molecule has 5 heteroatoms. The van der Waals surface area contributed by atoms with E-state index in [0.717, 1.165) is 16.8 Å². The Morgan fingerprint density at radius 1 is 1.25 bits per heavy atom. The number of anilines is 1.